The Kier molecular flexibility index (Phi) is 3.28. The van der Waals surface area contributed by atoms with Gasteiger partial charge in [0, 0.05) is 11.8 Å². The Bertz CT molecular complexity index is 576. The van der Waals surface area contributed by atoms with Gasteiger partial charge >= 0.3 is 5.91 Å². The number of rotatable bonds is 2. The van der Waals surface area contributed by atoms with Gasteiger partial charge in [0.05, 0.1) is 11.8 Å². The number of aromatic amines is 1. The van der Waals surface area contributed by atoms with E-state index in [0.29, 0.717) is 17.1 Å². The second-order valence-electron chi connectivity index (χ2n) is 4.32. The number of H-pyrrole nitrogens is 1. The summed E-state index contributed by atoms with van der Waals surface area (Å²) in [7, 11) is 0. The number of hydrogen-bond donors (Lipinski definition) is 2. The molecule has 1 aromatic carbocycles. The van der Waals surface area contributed by atoms with Crippen molar-refractivity contribution in [3.63, 3.8) is 0 Å². The molecule has 0 bridgehead atoms. The molecule has 1 amide bonds. The Hall–Kier alpha value is -2.36. The van der Waals surface area contributed by atoms with Crippen LogP contribution >= 0.6 is 0 Å². The number of nitrogen functional groups attached to an aromatic ring is 1. The Morgan fingerprint density at radius 2 is 1.89 bits per heavy atom. The lowest BCUT2D eigenvalue weighted by molar-refractivity contribution is -0.361. The number of nitrogens with two attached hydrogens (primary N) is 1. The van der Waals surface area contributed by atoms with Gasteiger partial charge in [-0.2, -0.15) is 0 Å². The first kappa shape index (κ1) is 12.1. The smallest absolute Gasteiger partial charge is 0.341 e. The Morgan fingerprint density at radius 3 is 2.56 bits per heavy atom. The van der Waals surface area contributed by atoms with Gasteiger partial charge in [-0.05, 0) is 37.6 Å². The standard InChI is InChI=1S/C14H15N3O/c1-9-3-5-12(15)11(7-9)14(18)17-13-6-4-10(2)8-16-13/h3-8H,15H2,1-2H3,(H,16,17,18)/p+1. The summed E-state index contributed by atoms with van der Waals surface area (Å²) in [6.45, 7) is 3.90. The van der Waals surface area contributed by atoms with Crippen molar-refractivity contribution in [2.75, 3.05) is 11.1 Å². The average Bonchev–Trinajstić information content (AvgIpc) is 2.35. The Morgan fingerprint density at radius 1 is 1.17 bits per heavy atom. The predicted molar refractivity (Wildman–Crippen MR) is 71.3 cm³/mol. The zero-order valence-corrected chi connectivity index (χ0v) is 10.4. The van der Waals surface area contributed by atoms with Gasteiger partial charge in [-0.1, -0.05) is 11.6 Å². The maximum Gasteiger partial charge on any atom is 0.341 e. The normalized spacial score (nSPS) is 10.1. The summed E-state index contributed by atoms with van der Waals surface area (Å²) in [5.41, 5.74) is 8.87. The van der Waals surface area contributed by atoms with E-state index in [4.69, 9.17) is 5.73 Å². The number of hydrogen-bond acceptors (Lipinski definition) is 2. The molecule has 0 fully saturated rings. The fourth-order valence-electron chi connectivity index (χ4n) is 1.64. The van der Waals surface area contributed by atoms with Gasteiger partial charge in [-0.25, -0.2) is 15.1 Å². The summed E-state index contributed by atoms with van der Waals surface area (Å²) < 4.78 is 0. The van der Waals surface area contributed by atoms with Gasteiger partial charge in [0.15, 0.2) is 0 Å². The van der Waals surface area contributed by atoms with Crippen LogP contribution in [0.1, 0.15) is 21.5 Å². The van der Waals surface area contributed by atoms with Crippen molar-refractivity contribution in [3.05, 3.63) is 53.2 Å². The number of benzene rings is 1. The molecule has 1 heterocycles. The number of carbonyl (C=O) groups excluding carboxylic acids is 1. The quantitative estimate of drug-likeness (QED) is 0.790. The highest BCUT2D eigenvalue weighted by molar-refractivity contribution is 6.07. The summed E-state index contributed by atoms with van der Waals surface area (Å²) >= 11 is 0. The number of anilines is 2. The van der Waals surface area contributed by atoms with E-state index in [1.54, 1.807) is 12.1 Å². The molecule has 0 aliphatic heterocycles. The van der Waals surface area contributed by atoms with E-state index >= 15 is 0 Å². The van der Waals surface area contributed by atoms with Crippen molar-refractivity contribution in [1.82, 2.24) is 0 Å². The van der Waals surface area contributed by atoms with Gasteiger partial charge < -0.3 is 5.73 Å². The van der Waals surface area contributed by atoms with Gasteiger partial charge in [0.1, 0.15) is 0 Å². The SMILES string of the molecule is Cc1ccc(NC(=O)c2cc(C)ccc2N)[nH+]c1. The first-order valence-electron chi connectivity index (χ1n) is 5.72. The van der Waals surface area contributed by atoms with Gasteiger partial charge in [0.2, 0.25) is 0 Å². The minimum atomic E-state index is -0.212. The lowest BCUT2D eigenvalue weighted by atomic mass is 10.1. The van der Waals surface area contributed by atoms with E-state index in [1.807, 2.05) is 38.2 Å². The summed E-state index contributed by atoms with van der Waals surface area (Å²) in [5.74, 6) is 0.433. The monoisotopic (exact) mass is 242 g/mol. The third-order valence-corrected chi connectivity index (χ3v) is 2.67. The predicted octanol–water partition coefficient (Wildman–Crippen LogP) is 1.95. The molecule has 92 valence electrons. The summed E-state index contributed by atoms with van der Waals surface area (Å²) in [5, 5.41) is 2.78. The first-order chi connectivity index (χ1) is 8.56. The fourth-order valence-corrected chi connectivity index (χ4v) is 1.64. The number of aromatic nitrogens is 1. The van der Waals surface area contributed by atoms with Gasteiger partial charge in [-0.15, -0.1) is 0 Å². The van der Waals surface area contributed by atoms with Crippen LogP contribution in [0.3, 0.4) is 0 Å². The molecule has 0 radical (unpaired) electrons. The van der Waals surface area contributed by atoms with Crippen LogP contribution in [0.4, 0.5) is 11.5 Å². The first-order valence-corrected chi connectivity index (χ1v) is 5.72. The van der Waals surface area contributed by atoms with Crippen LogP contribution in [0.5, 0.6) is 0 Å². The van der Waals surface area contributed by atoms with E-state index in [9.17, 15) is 4.79 Å². The molecule has 0 unspecified atom stereocenters. The van der Waals surface area contributed by atoms with E-state index in [1.165, 1.54) is 0 Å². The molecule has 4 nitrogen and oxygen atoms in total. The van der Waals surface area contributed by atoms with Crippen LogP contribution in [0.25, 0.3) is 0 Å². The molecule has 18 heavy (non-hydrogen) atoms. The highest BCUT2D eigenvalue weighted by Gasteiger charge is 2.15. The largest absolute Gasteiger partial charge is 0.398 e. The molecule has 4 heteroatoms. The molecule has 2 aromatic rings. The molecule has 4 N–H and O–H groups in total. The van der Waals surface area contributed by atoms with Crippen molar-refractivity contribution in [2.24, 2.45) is 0 Å². The minimum Gasteiger partial charge on any atom is -0.398 e. The number of carbonyl (C=O) groups is 1. The fraction of sp³-hybridized carbons (Fsp3) is 0.143. The zero-order chi connectivity index (χ0) is 13.1. The maximum absolute atomic E-state index is 12.1. The van der Waals surface area contributed by atoms with Gasteiger partial charge in [0.25, 0.3) is 5.82 Å². The number of pyridine rings is 1. The molecule has 0 saturated heterocycles. The third kappa shape index (κ3) is 2.66. The van der Waals surface area contributed by atoms with Crippen LogP contribution in [0.15, 0.2) is 36.5 Å². The third-order valence-electron chi connectivity index (χ3n) is 2.67. The minimum absolute atomic E-state index is 0.212. The van der Waals surface area contributed by atoms with Crippen LogP contribution < -0.4 is 16.0 Å². The molecule has 0 aliphatic rings. The maximum atomic E-state index is 12.1. The number of nitrogens with one attached hydrogen (secondary N) is 2. The molecule has 0 spiro atoms. The Balaban J connectivity index is 2.21. The molecule has 0 atom stereocenters. The van der Waals surface area contributed by atoms with Crippen molar-refractivity contribution in [1.29, 1.82) is 0 Å². The summed E-state index contributed by atoms with van der Waals surface area (Å²) in [4.78, 5) is 15.1. The van der Waals surface area contributed by atoms with Crippen molar-refractivity contribution in [2.45, 2.75) is 13.8 Å². The van der Waals surface area contributed by atoms with E-state index in [2.05, 4.69) is 10.3 Å². The van der Waals surface area contributed by atoms with Crippen LogP contribution in [-0.4, -0.2) is 5.91 Å². The molecule has 0 saturated carbocycles. The summed E-state index contributed by atoms with van der Waals surface area (Å²) in [6.07, 6.45) is 1.83. The van der Waals surface area contributed by atoms with Crippen molar-refractivity contribution < 1.29 is 9.78 Å². The highest BCUT2D eigenvalue weighted by Crippen LogP contribution is 2.15. The molecule has 0 aliphatic carbocycles. The van der Waals surface area contributed by atoms with Gasteiger partial charge in [-0.3, -0.25) is 0 Å². The average molecular weight is 242 g/mol. The highest BCUT2D eigenvalue weighted by atomic mass is 16.1. The van der Waals surface area contributed by atoms with Crippen molar-refractivity contribution in [3.8, 4) is 0 Å². The lowest BCUT2D eigenvalue weighted by Gasteiger charge is -2.03. The van der Waals surface area contributed by atoms with Crippen LogP contribution in [-0.2, 0) is 0 Å². The second kappa shape index (κ2) is 4.87. The summed E-state index contributed by atoms with van der Waals surface area (Å²) in [6, 6.07) is 9.14. The number of amides is 1. The Labute approximate surface area is 106 Å². The lowest BCUT2D eigenvalue weighted by Crippen LogP contribution is -2.20. The van der Waals surface area contributed by atoms with E-state index in [-0.39, 0.29) is 5.91 Å². The van der Waals surface area contributed by atoms with E-state index in [0.717, 1.165) is 11.1 Å². The van der Waals surface area contributed by atoms with E-state index < -0.39 is 0 Å². The van der Waals surface area contributed by atoms with Crippen molar-refractivity contribution >= 4 is 17.4 Å². The zero-order valence-electron chi connectivity index (χ0n) is 10.4. The van der Waals surface area contributed by atoms with Crippen LogP contribution in [0.2, 0.25) is 0 Å². The molecular formula is C14H16N3O+. The number of aryl methyl sites for hydroxylation is 2. The molecular weight excluding hydrogens is 226 g/mol. The second-order valence-corrected chi connectivity index (χ2v) is 4.32. The molecule has 2 rings (SSSR count). The topological polar surface area (TPSA) is 69.3 Å². The molecule has 1 aromatic heterocycles. The van der Waals surface area contributed by atoms with Crippen LogP contribution in [0, 0.1) is 13.8 Å².